The van der Waals surface area contributed by atoms with Crippen molar-refractivity contribution in [1.82, 2.24) is 14.7 Å². The largest absolute Gasteiger partial charge is 0.378 e. The van der Waals surface area contributed by atoms with E-state index < -0.39 is 21.5 Å². The highest BCUT2D eigenvalue weighted by molar-refractivity contribution is 7.91. The van der Waals surface area contributed by atoms with Crippen molar-refractivity contribution in [1.29, 1.82) is 0 Å². The maximum atomic E-state index is 13.3. The van der Waals surface area contributed by atoms with Gasteiger partial charge in [0.05, 0.1) is 40.8 Å². The monoisotopic (exact) mass is 452 g/mol. The van der Waals surface area contributed by atoms with E-state index in [1.54, 1.807) is 21.7 Å². The maximum Gasteiger partial charge on any atom is 0.274 e. The first-order valence-electron chi connectivity index (χ1n) is 10.1. The first-order valence-corrected chi connectivity index (χ1v) is 11.7. The van der Waals surface area contributed by atoms with Gasteiger partial charge in [-0.3, -0.25) is 9.59 Å². The number of hydrogen-bond donors (Lipinski definition) is 1. The van der Waals surface area contributed by atoms with Crippen LogP contribution in [0.2, 0.25) is 0 Å². The summed E-state index contributed by atoms with van der Waals surface area (Å²) in [6.45, 7) is 1.63. The van der Waals surface area contributed by atoms with Gasteiger partial charge in [0.2, 0.25) is 5.91 Å². The third-order valence-corrected chi connectivity index (χ3v) is 7.40. The number of para-hydroxylation sites is 1. The highest BCUT2D eigenvalue weighted by atomic mass is 32.2. The molecule has 9 nitrogen and oxygen atoms in total. The standard InChI is InChI=1S/C22H20N4O5S/c23-21(27)16-8-4-7-15-19-17(13-32(29,30)20(15)16)18(22(28)25-9-11-31-12-10-25)24-26(19)14-5-2-1-3-6-14/h1-8H,9-13H2,(H2,23,27). The van der Waals surface area contributed by atoms with E-state index in [1.807, 2.05) is 30.3 Å². The van der Waals surface area contributed by atoms with Gasteiger partial charge in [-0.15, -0.1) is 0 Å². The van der Waals surface area contributed by atoms with Crippen molar-refractivity contribution in [3.05, 3.63) is 65.4 Å². The van der Waals surface area contributed by atoms with Crippen molar-refractivity contribution in [2.75, 3.05) is 26.3 Å². The Hall–Kier alpha value is -3.50. The van der Waals surface area contributed by atoms with Crippen LogP contribution in [0.5, 0.6) is 0 Å². The lowest BCUT2D eigenvalue weighted by Crippen LogP contribution is -2.41. The lowest BCUT2D eigenvalue weighted by atomic mass is 10.0. The average molecular weight is 452 g/mol. The number of amides is 2. The number of sulfone groups is 1. The topological polar surface area (TPSA) is 125 Å². The molecule has 0 radical (unpaired) electrons. The second-order valence-corrected chi connectivity index (χ2v) is 9.56. The van der Waals surface area contributed by atoms with Gasteiger partial charge in [-0.1, -0.05) is 30.3 Å². The van der Waals surface area contributed by atoms with E-state index in [0.717, 1.165) is 0 Å². The van der Waals surface area contributed by atoms with Gasteiger partial charge in [-0.2, -0.15) is 5.10 Å². The molecule has 1 aromatic heterocycles. The van der Waals surface area contributed by atoms with Gasteiger partial charge < -0.3 is 15.4 Å². The van der Waals surface area contributed by atoms with E-state index in [0.29, 0.717) is 48.8 Å². The number of morpholine rings is 1. The van der Waals surface area contributed by atoms with Crippen LogP contribution < -0.4 is 5.73 Å². The zero-order chi connectivity index (χ0) is 22.5. The number of primary amides is 1. The normalized spacial score (nSPS) is 16.8. The summed E-state index contributed by atoms with van der Waals surface area (Å²) in [7, 11) is -3.94. The molecule has 3 aromatic rings. The van der Waals surface area contributed by atoms with Gasteiger partial charge in [-0.05, 0) is 18.2 Å². The van der Waals surface area contributed by atoms with E-state index in [4.69, 9.17) is 10.5 Å². The Morgan fingerprint density at radius 3 is 2.41 bits per heavy atom. The van der Waals surface area contributed by atoms with Crippen LogP contribution in [0, 0.1) is 0 Å². The third kappa shape index (κ3) is 3.19. The zero-order valence-electron chi connectivity index (χ0n) is 17.0. The Labute approximate surface area is 184 Å². The number of carbonyl (C=O) groups is 2. The molecule has 32 heavy (non-hydrogen) atoms. The van der Waals surface area contributed by atoms with Gasteiger partial charge in [0.25, 0.3) is 5.91 Å². The molecule has 0 bridgehead atoms. The molecular weight excluding hydrogens is 432 g/mol. The Balaban J connectivity index is 1.80. The fourth-order valence-corrected chi connectivity index (χ4v) is 6.02. The van der Waals surface area contributed by atoms with Gasteiger partial charge in [0.15, 0.2) is 15.5 Å². The summed E-state index contributed by atoms with van der Waals surface area (Å²) in [6, 6.07) is 13.7. The molecular formula is C22H20N4O5S. The van der Waals surface area contributed by atoms with Gasteiger partial charge in [0, 0.05) is 24.2 Å². The molecule has 2 aliphatic rings. The molecule has 0 aliphatic carbocycles. The van der Waals surface area contributed by atoms with Crippen LogP contribution in [0.15, 0.2) is 53.4 Å². The molecule has 0 atom stereocenters. The number of ether oxygens (including phenoxy) is 1. The summed E-state index contributed by atoms with van der Waals surface area (Å²) >= 11 is 0. The molecule has 5 rings (SSSR count). The Morgan fingerprint density at radius 1 is 1.00 bits per heavy atom. The van der Waals surface area contributed by atoms with Gasteiger partial charge >= 0.3 is 0 Å². The molecule has 0 spiro atoms. The van der Waals surface area contributed by atoms with E-state index in [2.05, 4.69) is 5.10 Å². The van der Waals surface area contributed by atoms with Crippen molar-refractivity contribution < 1.29 is 22.7 Å². The van der Waals surface area contributed by atoms with Crippen molar-refractivity contribution in [2.45, 2.75) is 10.6 Å². The van der Waals surface area contributed by atoms with E-state index in [1.165, 1.54) is 6.07 Å². The molecule has 2 aliphatic heterocycles. The molecule has 164 valence electrons. The lowest BCUT2D eigenvalue weighted by Gasteiger charge is -2.26. The summed E-state index contributed by atoms with van der Waals surface area (Å²) < 4.78 is 33.4. The minimum atomic E-state index is -3.94. The predicted octanol–water partition coefficient (Wildman–Crippen LogP) is 1.40. The number of carbonyl (C=O) groups excluding carboxylic acids is 2. The van der Waals surface area contributed by atoms with Crippen LogP contribution >= 0.6 is 0 Å². The molecule has 2 amide bonds. The van der Waals surface area contributed by atoms with Crippen LogP contribution in [-0.4, -0.2) is 61.2 Å². The predicted molar refractivity (Wildman–Crippen MR) is 115 cm³/mol. The Kier molecular flexibility index (Phi) is 4.83. The van der Waals surface area contributed by atoms with Crippen molar-refractivity contribution in [3.63, 3.8) is 0 Å². The lowest BCUT2D eigenvalue weighted by molar-refractivity contribution is 0.0298. The fraction of sp³-hybridized carbons (Fsp3) is 0.227. The molecule has 0 unspecified atom stereocenters. The molecule has 3 heterocycles. The summed E-state index contributed by atoms with van der Waals surface area (Å²) in [5.41, 5.74) is 7.26. The van der Waals surface area contributed by atoms with E-state index in [-0.39, 0.29) is 22.1 Å². The zero-order valence-corrected chi connectivity index (χ0v) is 17.8. The van der Waals surface area contributed by atoms with E-state index in [9.17, 15) is 18.0 Å². The van der Waals surface area contributed by atoms with Crippen LogP contribution in [0.1, 0.15) is 26.4 Å². The number of fused-ring (bicyclic) bond motifs is 3. The summed E-state index contributed by atoms with van der Waals surface area (Å²) in [4.78, 5) is 26.8. The highest BCUT2D eigenvalue weighted by Gasteiger charge is 2.39. The van der Waals surface area contributed by atoms with Crippen LogP contribution in [-0.2, 0) is 20.3 Å². The molecule has 1 saturated heterocycles. The summed E-state index contributed by atoms with van der Waals surface area (Å²) in [5.74, 6) is -1.62. The molecule has 0 saturated carbocycles. The molecule has 2 aromatic carbocycles. The average Bonchev–Trinajstić information content (AvgIpc) is 3.18. The minimum absolute atomic E-state index is 0.0741. The van der Waals surface area contributed by atoms with Crippen molar-refractivity contribution >= 4 is 21.7 Å². The Morgan fingerprint density at radius 2 is 1.72 bits per heavy atom. The van der Waals surface area contributed by atoms with Gasteiger partial charge in [-0.25, -0.2) is 13.1 Å². The van der Waals surface area contributed by atoms with E-state index >= 15 is 0 Å². The molecule has 10 heteroatoms. The van der Waals surface area contributed by atoms with Crippen molar-refractivity contribution in [2.24, 2.45) is 5.73 Å². The smallest absolute Gasteiger partial charge is 0.274 e. The second-order valence-electron chi connectivity index (χ2n) is 7.63. The van der Waals surface area contributed by atoms with Crippen molar-refractivity contribution in [3.8, 4) is 16.9 Å². The quantitative estimate of drug-likeness (QED) is 0.640. The SMILES string of the molecule is NC(=O)c1cccc2c1S(=O)(=O)Cc1c(C(=O)N3CCOCC3)nn(-c3ccccc3)c1-2. The number of aromatic nitrogens is 2. The van der Waals surface area contributed by atoms with Gasteiger partial charge in [0.1, 0.15) is 0 Å². The second kappa shape index (κ2) is 7.57. The molecule has 2 N–H and O–H groups in total. The number of benzene rings is 2. The van der Waals surface area contributed by atoms with Crippen LogP contribution in [0.3, 0.4) is 0 Å². The minimum Gasteiger partial charge on any atom is -0.378 e. The first kappa shape index (κ1) is 20.4. The fourth-order valence-electron chi connectivity index (χ4n) is 4.22. The summed E-state index contributed by atoms with van der Waals surface area (Å²) in [5, 5.41) is 4.58. The Bertz CT molecular complexity index is 1340. The number of nitrogens with two attached hydrogens (primary N) is 1. The van der Waals surface area contributed by atoms with Crippen LogP contribution in [0.25, 0.3) is 16.9 Å². The highest BCUT2D eigenvalue weighted by Crippen LogP contribution is 2.42. The maximum absolute atomic E-state index is 13.3. The van der Waals surface area contributed by atoms with Crippen LogP contribution in [0.4, 0.5) is 0 Å². The molecule has 1 fully saturated rings. The third-order valence-electron chi connectivity index (χ3n) is 5.67. The number of rotatable bonds is 3. The number of hydrogen-bond acceptors (Lipinski definition) is 6. The first-order chi connectivity index (χ1) is 15.4. The summed E-state index contributed by atoms with van der Waals surface area (Å²) in [6.07, 6.45) is 0. The number of nitrogens with zero attached hydrogens (tertiary/aromatic N) is 3.